The Morgan fingerprint density at radius 1 is 1.25 bits per heavy atom. The Morgan fingerprint density at radius 2 is 1.90 bits per heavy atom. The predicted molar refractivity (Wildman–Crippen MR) is 77.8 cm³/mol. The molecule has 1 aliphatic heterocycles. The van der Waals surface area contributed by atoms with Gasteiger partial charge in [-0.25, -0.2) is 0 Å². The molecule has 1 saturated heterocycles. The average Bonchev–Trinajstić information content (AvgIpc) is 2.48. The molecule has 1 aromatic rings. The maximum Gasteiger partial charge on any atom is 0.251 e. The normalized spacial score (nSPS) is 16.4. The van der Waals surface area contributed by atoms with Crippen molar-refractivity contribution in [2.75, 3.05) is 19.8 Å². The van der Waals surface area contributed by atoms with Crippen LogP contribution in [0.25, 0.3) is 0 Å². The van der Waals surface area contributed by atoms with Gasteiger partial charge in [0.1, 0.15) is 0 Å². The van der Waals surface area contributed by atoms with Gasteiger partial charge in [-0.2, -0.15) is 0 Å². The Hall–Kier alpha value is -1.39. The summed E-state index contributed by atoms with van der Waals surface area (Å²) in [7, 11) is 0. The van der Waals surface area contributed by atoms with Crippen LogP contribution in [0, 0.1) is 0 Å². The minimum absolute atomic E-state index is 0.0453. The molecular weight excluding hydrogens is 254 g/mol. The first-order valence-corrected chi connectivity index (χ1v) is 7.28. The van der Waals surface area contributed by atoms with E-state index in [0.29, 0.717) is 24.4 Å². The largest absolute Gasteiger partial charge is 0.353 e. The van der Waals surface area contributed by atoms with Crippen LogP contribution in [-0.2, 0) is 9.47 Å². The van der Waals surface area contributed by atoms with Crippen LogP contribution in [0.15, 0.2) is 24.3 Å². The van der Waals surface area contributed by atoms with E-state index in [0.717, 1.165) is 19.6 Å². The highest BCUT2D eigenvalue weighted by atomic mass is 16.7. The summed E-state index contributed by atoms with van der Waals surface area (Å²) in [6.07, 6.45) is 1.47. The van der Waals surface area contributed by atoms with Gasteiger partial charge < -0.3 is 14.8 Å². The number of hydrogen-bond acceptors (Lipinski definition) is 3. The van der Waals surface area contributed by atoms with E-state index in [2.05, 4.69) is 19.2 Å². The van der Waals surface area contributed by atoms with Gasteiger partial charge in [0.2, 0.25) is 0 Å². The summed E-state index contributed by atoms with van der Waals surface area (Å²) in [6.45, 7) is 6.33. The van der Waals surface area contributed by atoms with E-state index < -0.39 is 0 Å². The first-order chi connectivity index (χ1) is 9.66. The van der Waals surface area contributed by atoms with Gasteiger partial charge in [-0.05, 0) is 30.0 Å². The van der Waals surface area contributed by atoms with Crippen molar-refractivity contribution in [3.63, 3.8) is 0 Å². The molecule has 0 aliphatic carbocycles. The van der Waals surface area contributed by atoms with Crippen LogP contribution in [-0.4, -0.2) is 32.0 Å². The Kier molecular flexibility index (Phi) is 5.56. The monoisotopic (exact) mass is 277 g/mol. The summed E-state index contributed by atoms with van der Waals surface area (Å²) in [5.41, 5.74) is 1.94. The SMILES string of the molecule is CC(C)c1ccc(C(=O)NCCC2OCCCO2)cc1. The molecule has 110 valence electrons. The van der Waals surface area contributed by atoms with E-state index in [9.17, 15) is 4.79 Å². The molecule has 1 aliphatic rings. The summed E-state index contributed by atoms with van der Waals surface area (Å²) in [4.78, 5) is 12.0. The molecule has 0 saturated carbocycles. The van der Waals surface area contributed by atoms with E-state index >= 15 is 0 Å². The third-order valence-corrected chi connectivity index (χ3v) is 3.40. The molecule has 1 amide bonds. The lowest BCUT2D eigenvalue weighted by Crippen LogP contribution is -2.31. The topological polar surface area (TPSA) is 47.6 Å². The van der Waals surface area contributed by atoms with Crippen molar-refractivity contribution in [2.45, 2.75) is 38.9 Å². The molecule has 0 radical (unpaired) electrons. The van der Waals surface area contributed by atoms with Crippen LogP contribution >= 0.6 is 0 Å². The Labute approximate surface area is 120 Å². The molecule has 0 bridgehead atoms. The van der Waals surface area contributed by atoms with Crippen molar-refractivity contribution in [3.8, 4) is 0 Å². The highest BCUT2D eigenvalue weighted by molar-refractivity contribution is 5.94. The maximum absolute atomic E-state index is 12.0. The zero-order valence-electron chi connectivity index (χ0n) is 12.2. The molecule has 0 unspecified atom stereocenters. The zero-order chi connectivity index (χ0) is 14.4. The van der Waals surface area contributed by atoms with Gasteiger partial charge in [-0.15, -0.1) is 0 Å². The fourth-order valence-electron chi connectivity index (χ4n) is 2.13. The fraction of sp³-hybridized carbons (Fsp3) is 0.562. The molecule has 20 heavy (non-hydrogen) atoms. The quantitative estimate of drug-likeness (QED) is 0.900. The molecule has 1 fully saturated rings. The lowest BCUT2D eigenvalue weighted by Gasteiger charge is -2.23. The minimum Gasteiger partial charge on any atom is -0.353 e. The summed E-state index contributed by atoms with van der Waals surface area (Å²) in [5, 5.41) is 2.90. The van der Waals surface area contributed by atoms with Crippen LogP contribution in [0.2, 0.25) is 0 Å². The summed E-state index contributed by atoms with van der Waals surface area (Å²) in [6, 6.07) is 7.76. The van der Waals surface area contributed by atoms with Crippen molar-refractivity contribution in [2.24, 2.45) is 0 Å². The highest BCUT2D eigenvalue weighted by Gasteiger charge is 2.14. The molecule has 0 atom stereocenters. The van der Waals surface area contributed by atoms with Gasteiger partial charge >= 0.3 is 0 Å². The third kappa shape index (κ3) is 4.32. The second-order valence-corrected chi connectivity index (χ2v) is 5.35. The van der Waals surface area contributed by atoms with Gasteiger partial charge in [0, 0.05) is 18.5 Å². The van der Waals surface area contributed by atoms with E-state index in [1.54, 1.807) is 0 Å². The number of ether oxygens (including phenoxy) is 2. The van der Waals surface area contributed by atoms with Crippen LogP contribution in [0.4, 0.5) is 0 Å². The molecule has 2 rings (SSSR count). The highest BCUT2D eigenvalue weighted by Crippen LogP contribution is 2.14. The number of carbonyl (C=O) groups excluding carboxylic acids is 1. The fourth-order valence-corrected chi connectivity index (χ4v) is 2.13. The van der Waals surface area contributed by atoms with Crippen molar-refractivity contribution >= 4 is 5.91 Å². The molecular formula is C16H23NO3. The van der Waals surface area contributed by atoms with Gasteiger partial charge in [0.05, 0.1) is 13.2 Å². The van der Waals surface area contributed by atoms with Crippen LogP contribution in [0.1, 0.15) is 48.5 Å². The Morgan fingerprint density at radius 3 is 2.50 bits per heavy atom. The van der Waals surface area contributed by atoms with Crippen molar-refractivity contribution in [3.05, 3.63) is 35.4 Å². The van der Waals surface area contributed by atoms with Crippen molar-refractivity contribution < 1.29 is 14.3 Å². The molecule has 1 N–H and O–H groups in total. The first kappa shape index (κ1) is 15.0. The number of carbonyl (C=O) groups is 1. The summed E-state index contributed by atoms with van der Waals surface area (Å²) in [5.74, 6) is 0.434. The number of rotatable bonds is 5. The van der Waals surface area contributed by atoms with Crippen LogP contribution < -0.4 is 5.32 Å². The molecule has 0 aromatic heterocycles. The second-order valence-electron chi connectivity index (χ2n) is 5.35. The van der Waals surface area contributed by atoms with Gasteiger partial charge in [0.25, 0.3) is 5.91 Å². The maximum atomic E-state index is 12.0. The van der Waals surface area contributed by atoms with E-state index in [1.165, 1.54) is 5.56 Å². The Bertz CT molecular complexity index is 422. The minimum atomic E-state index is -0.174. The second kappa shape index (κ2) is 7.41. The van der Waals surface area contributed by atoms with Crippen molar-refractivity contribution in [1.29, 1.82) is 0 Å². The lowest BCUT2D eigenvalue weighted by atomic mass is 10.0. The molecule has 1 aromatic carbocycles. The Balaban J connectivity index is 1.76. The number of amides is 1. The predicted octanol–water partition coefficient (Wildman–Crippen LogP) is 2.69. The third-order valence-electron chi connectivity index (χ3n) is 3.40. The van der Waals surface area contributed by atoms with Crippen LogP contribution in [0.5, 0.6) is 0 Å². The number of nitrogens with one attached hydrogen (secondary N) is 1. The van der Waals surface area contributed by atoms with Gasteiger partial charge in [-0.3, -0.25) is 4.79 Å². The van der Waals surface area contributed by atoms with Gasteiger partial charge in [0.15, 0.2) is 6.29 Å². The smallest absolute Gasteiger partial charge is 0.251 e. The van der Waals surface area contributed by atoms with E-state index in [-0.39, 0.29) is 12.2 Å². The summed E-state index contributed by atoms with van der Waals surface area (Å²) < 4.78 is 10.9. The molecule has 0 spiro atoms. The number of benzene rings is 1. The lowest BCUT2D eigenvalue weighted by molar-refractivity contribution is -0.180. The average molecular weight is 277 g/mol. The van der Waals surface area contributed by atoms with E-state index in [4.69, 9.17) is 9.47 Å². The zero-order valence-corrected chi connectivity index (χ0v) is 12.2. The summed E-state index contributed by atoms with van der Waals surface area (Å²) >= 11 is 0. The van der Waals surface area contributed by atoms with Gasteiger partial charge in [-0.1, -0.05) is 26.0 Å². The van der Waals surface area contributed by atoms with E-state index in [1.807, 2.05) is 24.3 Å². The first-order valence-electron chi connectivity index (χ1n) is 7.28. The van der Waals surface area contributed by atoms with Crippen LogP contribution in [0.3, 0.4) is 0 Å². The number of hydrogen-bond donors (Lipinski definition) is 1. The molecule has 4 nitrogen and oxygen atoms in total. The molecule has 4 heteroatoms. The van der Waals surface area contributed by atoms with Crippen molar-refractivity contribution in [1.82, 2.24) is 5.32 Å². The standard InChI is InChI=1S/C16H23NO3/c1-12(2)13-4-6-14(7-5-13)16(18)17-9-8-15-19-10-3-11-20-15/h4-7,12,15H,3,8-11H2,1-2H3,(H,17,18). The molecule has 1 heterocycles.